The summed E-state index contributed by atoms with van der Waals surface area (Å²) in [5.74, 6) is 0.446. The van der Waals surface area contributed by atoms with E-state index in [2.05, 4.69) is 19.9 Å². The molecule has 0 aromatic heterocycles. The Morgan fingerprint density at radius 1 is 0.778 bits per heavy atom. The molecular formula is C25H42O2. The van der Waals surface area contributed by atoms with Crippen LogP contribution in [0.5, 0.6) is 5.75 Å². The quantitative estimate of drug-likeness (QED) is 0.238. The number of phenolic OH excluding ortho intramolecular Hbond substituents is 1. The number of phenols is 1. The molecule has 0 bridgehead atoms. The van der Waals surface area contributed by atoms with E-state index in [0.717, 1.165) is 25.0 Å². The number of hydrogen-bond acceptors (Lipinski definition) is 2. The van der Waals surface area contributed by atoms with E-state index in [1.165, 1.54) is 94.6 Å². The fourth-order valence-corrected chi connectivity index (χ4v) is 4.16. The van der Waals surface area contributed by atoms with Gasteiger partial charge in [0.25, 0.3) is 0 Å². The Kier molecular flexibility index (Phi) is 10.9. The van der Waals surface area contributed by atoms with Gasteiger partial charge in [-0.15, -0.1) is 0 Å². The zero-order chi connectivity index (χ0) is 19.3. The minimum absolute atomic E-state index is 0.147. The van der Waals surface area contributed by atoms with Crippen LogP contribution in [0.25, 0.3) is 0 Å². The molecule has 1 saturated heterocycles. The summed E-state index contributed by atoms with van der Waals surface area (Å²) in [5.41, 5.74) is 3.96. The van der Waals surface area contributed by atoms with E-state index in [0.29, 0.717) is 5.75 Å². The van der Waals surface area contributed by atoms with E-state index >= 15 is 0 Å². The Hall–Kier alpha value is -1.02. The van der Waals surface area contributed by atoms with Crippen LogP contribution in [0.4, 0.5) is 0 Å². The van der Waals surface area contributed by atoms with Crippen LogP contribution in [0.15, 0.2) is 12.1 Å². The van der Waals surface area contributed by atoms with Crippen molar-refractivity contribution >= 4 is 0 Å². The van der Waals surface area contributed by atoms with Crippen molar-refractivity contribution < 1.29 is 9.84 Å². The van der Waals surface area contributed by atoms with Crippen molar-refractivity contribution in [1.29, 1.82) is 0 Å². The molecule has 2 rings (SSSR count). The maximum absolute atomic E-state index is 10.4. The van der Waals surface area contributed by atoms with Crippen LogP contribution in [0, 0.1) is 0 Å². The van der Waals surface area contributed by atoms with Crippen molar-refractivity contribution in [2.45, 2.75) is 116 Å². The Bertz CT molecular complexity index is 519. The van der Waals surface area contributed by atoms with Crippen molar-refractivity contribution in [1.82, 2.24) is 0 Å². The van der Waals surface area contributed by atoms with Gasteiger partial charge in [-0.05, 0) is 42.9 Å². The average Bonchev–Trinajstić information content (AvgIpc) is 3.50. The first-order chi connectivity index (χ1) is 13.3. The second-order valence-electron chi connectivity index (χ2n) is 8.35. The van der Waals surface area contributed by atoms with Gasteiger partial charge in [-0.25, -0.2) is 0 Å². The normalized spacial score (nSPS) is 16.0. The summed E-state index contributed by atoms with van der Waals surface area (Å²) in [7, 11) is 0. The van der Waals surface area contributed by atoms with E-state index in [1.807, 2.05) is 6.07 Å². The number of benzene rings is 1. The van der Waals surface area contributed by atoms with Crippen molar-refractivity contribution in [3.8, 4) is 5.75 Å². The first-order valence-corrected chi connectivity index (χ1v) is 11.7. The molecule has 2 nitrogen and oxygen atoms in total. The fourth-order valence-electron chi connectivity index (χ4n) is 4.16. The minimum Gasteiger partial charge on any atom is -0.508 e. The number of aromatic hydroxyl groups is 1. The third-order valence-corrected chi connectivity index (χ3v) is 5.92. The predicted molar refractivity (Wildman–Crippen MR) is 116 cm³/mol. The van der Waals surface area contributed by atoms with E-state index in [1.54, 1.807) is 0 Å². The van der Waals surface area contributed by atoms with Gasteiger partial charge in [-0.2, -0.15) is 0 Å². The number of aryl methyl sites for hydroxylation is 1. The summed E-state index contributed by atoms with van der Waals surface area (Å²) >= 11 is 0. The molecule has 2 heteroatoms. The SMILES string of the molecule is CCCCCCCCCc1c(CCCCCCCC)ccc(O)c1C1CO1. The monoisotopic (exact) mass is 374 g/mol. The van der Waals surface area contributed by atoms with E-state index in [9.17, 15) is 5.11 Å². The van der Waals surface area contributed by atoms with E-state index in [-0.39, 0.29) is 6.10 Å². The number of epoxide rings is 1. The molecule has 1 fully saturated rings. The molecular weight excluding hydrogens is 332 g/mol. The van der Waals surface area contributed by atoms with Crippen LogP contribution in [0.3, 0.4) is 0 Å². The van der Waals surface area contributed by atoms with Crippen LogP contribution in [-0.4, -0.2) is 11.7 Å². The Morgan fingerprint density at radius 3 is 1.85 bits per heavy atom. The Balaban J connectivity index is 1.86. The van der Waals surface area contributed by atoms with Crippen molar-refractivity contribution in [3.05, 3.63) is 28.8 Å². The molecule has 1 aromatic carbocycles. The summed E-state index contributed by atoms with van der Waals surface area (Å²) in [6, 6.07) is 4.07. The standard InChI is InChI=1S/C25H42O2/c1-3-5-7-9-11-13-15-17-22-21(16-14-12-10-8-6-4-2)18-19-23(26)25(22)24-20-27-24/h18-19,24,26H,3-17,20H2,1-2H3. The molecule has 0 spiro atoms. The smallest absolute Gasteiger partial charge is 0.121 e. The highest BCUT2D eigenvalue weighted by Crippen LogP contribution is 2.40. The maximum Gasteiger partial charge on any atom is 0.121 e. The lowest BCUT2D eigenvalue weighted by atomic mass is 9.90. The third kappa shape index (κ3) is 8.25. The van der Waals surface area contributed by atoms with Gasteiger partial charge in [0.15, 0.2) is 0 Å². The van der Waals surface area contributed by atoms with Gasteiger partial charge in [-0.1, -0.05) is 90.5 Å². The van der Waals surface area contributed by atoms with Crippen molar-refractivity contribution in [2.75, 3.05) is 6.61 Å². The van der Waals surface area contributed by atoms with Crippen LogP contribution >= 0.6 is 0 Å². The van der Waals surface area contributed by atoms with Gasteiger partial charge in [0.1, 0.15) is 11.9 Å². The van der Waals surface area contributed by atoms with Crippen LogP contribution < -0.4 is 0 Å². The highest BCUT2D eigenvalue weighted by atomic mass is 16.6. The number of unbranched alkanes of at least 4 members (excludes halogenated alkanes) is 11. The minimum atomic E-state index is 0.147. The number of ether oxygens (including phenoxy) is 1. The zero-order valence-electron chi connectivity index (χ0n) is 17.9. The predicted octanol–water partition coefficient (Wildman–Crippen LogP) is 7.66. The second-order valence-corrected chi connectivity index (χ2v) is 8.35. The van der Waals surface area contributed by atoms with E-state index in [4.69, 9.17) is 4.74 Å². The second kappa shape index (κ2) is 13.2. The van der Waals surface area contributed by atoms with Gasteiger partial charge in [0, 0.05) is 5.56 Å². The van der Waals surface area contributed by atoms with Gasteiger partial charge < -0.3 is 9.84 Å². The summed E-state index contributed by atoms with van der Waals surface area (Å²) in [4.78, 5) is 0. The topological polar surface area (TPSA) is 32.8 Å². The lowest BCUT2D eigenvalue weighted by molar-refractivity contribution is 0.398. The van der Waals surface area contributed by atoms with Gasteiger partial charge in [0.05, 0.1) is 6.61 Å². The van der Waals surface area contributed by atoms with Crippen LogP contribution in [0.2, 0.25) is 0 Å². The van der Waals surface area contributed by atoms with E-state index < -0.39 is 0 Å². The molecule has 1 atom stereocenters. The summed E-state index contributed by atoms with van der Waals surface area (Å²) in [5, 5.41) is 10.4. The molecule has 1 N–H and O–H groups in total. The van der Waals surface area contributed by atoms with Gasteiger partial charge >= 0.3 is 0 Å². The summed E-state index contributed by atoms with van der Waals surface area (Å²) in [6.07, 6.45) is 19.7. The summed E-state index contributed by atoms with van der Waals surface area (Å²) in [6.45, 7) is 5.32. The molecule has 1 aromatic rings. The first-order valence-electron chi connectivity index (χ1n) is 11.7. The molecule has 1 heterocycles. The maximum atomic E-state index is 10.4. The highest BCUT2D eigenvalue weighted by Gasteiger charge is 2.31. The molecule has 0 amide bonds. The molecule has 0 aliphatic carbocycles. The largest absolute Gasteiger partial charge is 0.508 e. The van der Waals surface area contributed by atoms with Crippen molar-refractivity contribution in [3.63, 3.8) is 0 Å². The number of hydrogen-bond donors (Lipinski definition) is 1. The number of rotatable bonds is 16. The first kappa shape index (κ1) is 22.3. The Morgan fingerprint density at radius 2 is 1.30 bits per heavy atom. The molecule has 0 saturated carbocycles. The molecule has 1 unspecified atom stereocenters. The molecule has 0 radical (unpaired) electrons. The molecule has 154 valence electrons. The zero-order valence-corrected chi connectivity index (χ0v) is 17.9. The molecule has 1 aliphatic rings. The third-order valence-electron chi connectivity index (χ3n) is 5.92. The Labute approximate surface area is 167 Å². The fraction of sp³-hybridized carbons (Fsp3) is 0.760. The summed E-state index contributed by atoms with van der Waals surface area (Å²) < 4.78 is 5.55. The average molecular weight is 375 g/mol. The molecule has 1 aliphatic heterocycles. The molecule has 27 heavy (non-hydrogen) atoms. The highest BCUT2D eigenvalue weighted by molar-refractivity contribution is 5.47. The van der Waals surface area contributed by atoms with Crippen LogP contribution in [-0.2, 0) is 17.6 Å². The lowest BCUT2D eigenvalue weighted by Gasteiger charge is -2.16. The van der Waals surface area contributed by atoms with Crippen LogP contribution in [0.1, 0.15) is 120 Å². The lowest BCUT2D eigenvalue weighted by Crippen LogP contribution is -2.02. The van der Waals surface area contributed by atoms with Gasteiger partial charge in [0.2, 0.25) is 0 Å². The van der Waals surface area contributed by atoms with Gasteiger partial charge in [-0.3, -0.25) is 0 Å². The van der Waals surface area contributed by atoms with Crippen molar-refractivity contribution in [2.24, 2.45) is 0 Å².